The molecule has 4 heteroatoms. The van der Waals surface area contributed by atoms with Gasteiger partial charge in [0.1, 0.15) is 0 Å². The van der Waals surface area contributed by atoms with Gasteiger partial charge in [-0.25, -0.2) is 0 Å². The molecule has 0 bridgehead atoms. The fraction of sp³-hybridized carbons (Fsp3) is 0.158. The largest absolute Gasteiger partial charge is 0.336 e. The van der Waals surface area contributed by atoms with Crippen LogP contribution in [0.3, 0.4) is 0 Å². The number of halogens is 2. The van der Waals surface area contributed by atoms with Gasteiger partial charge < -0.3 is 4.90 Å². The Morgan fingerprint density at radius 2 is 1.83 bits per heavy atom. The molecule has 0 saturated carbocycles. The van der Waals surface area contributed by atoms with Crippen LogP contribution >= 0.6 is 43.6 Å². The van der Waals surface area contributed by atoms with Crippen LogP contribution in [0, 0.1) is 0 Å². The molecule has 0 saturated heterocycles. The summed E-state index contributed by atoms with van der Waals surface area (Å²) in [5.74, 6) is 0. The number of benzene rings is 2. The van der Waals surface area contributed by atoms with Crippen LogP contribution in [-0.4, -0.2) is 6.54 Å². The lowest BCUT2D eigenvalue weighted by molar-refractivity contribution is 1.03. The van der Waals surface area contributed by atoms with Crippen molar-refractivity contribution in [3.63, 3.8) is 0 Å². The van der Waals surface area contributed by atoms with Gasteiger partial charge in [0, 0.05) is 20.4 Å². The Bertz CT molecular complexity index is 713. The van der Waals surface area contributed by atoms with Crippen molar-refractivity contribution in [3.05, 3.63) is 70.7 Å². The summed E-state index contributed by atoms with van der Waals surface area (Å²) < 4.78 is 2.24. The first-order valence-electron chi connectivity index (χ1n) is 7.37. The van der Waals surface area contributed by atoms with Crippen molar-refractivity contribution >= 4 is 55.0 Å². The highest BCUT2D eigenvalue weighted by molar-refractivity contribution is 9.10. The Balaban J connectivity index is 0.000000433. The van der Waals surface area contributed by atoms with Crippen LogP contribution in [0.2, 0.25) is 0 Å². The predicted molar refractivity (Wildman–Crippen MR) is 110 cm³/mol. The molecule has 0 fully saturated rings. The molecule has 3 rings (SSSR count). The van der Waals surface area contributed by atoms with E-state index in [0.717, 1.165) is 21.9 Å². The fourth-order valence-electron chi connectivity index (χ4n) is 2.17. The third-order valence-corrected chi connectivity index (χ3v) is 5.86. The van der Waals surface area contributed by atoms with E-state index in [1.165, 1.54) is 21.2 Å². The zero-order valence-electron chi connectivity index (χ0n) is 13.1. The maximum absolute atomic E-state index is 3.87. The van der Waals surface area contributed by atoms with E-state index in [0.29, 0.717) is 0 Å². The lowest BCUT2D eigenvalue weighted by Gasteiger charge is -2.32. The molecule has 1 aliphatic heterocycles. The zero-order chi connectivity index (χ0) is 16.8. The number of hydrogen-bond acceptors (Lipinski definition) is 2. The Morgan fingerprint density at radius 3 is 2.48 bits per heavy atom. The van der Waals surface area contributed by atoms with Gasteiger partial charge in [0.15, 0.2) is 0 Å². The van der Waals surface area contributed by atoms with Gasteiger partial charge in [0.05, 0.1) is 16.3 Å². The van der Waals surface area contributed by atoms with Gasteiger partial charge in [0.2, 0.25) is 0 Å². The van der Waals surface area contributed by atoms with Crippen molar-refractivity contribution in [2.45, 2.75) is 23.1 Å². The van der Waals surface area contributed by atoms with Gasteiger partial charge in [-0.05, 0) is 52.7 Å². The summed E-state index contributed by atoms with van der Waals surface area (Å²) >= 11 is 8.99. The molecule has 120 valence electrons. The lowest BCUT2D eigenvalue weighted by atomic mass is 10.2. The van der Waals surface area contributed by atoms with Crippen LogP contribution in [0.4, 0.5) is 11.4 Å². The quantitative estimate of drug-likeness (QED) is 0.441. The van der Waals surface area contributed by atoms with Crippen molar-refractivity contribution in [2.75, 3.05) is 11.4 Å². The Labute approximate surface area is 159 Å². The monoisotopic (exact) mass is 451 g/mol. The molecule has 0 amide bonds. The third-order valence-electron chi connectivity index (χ3n) is 3.26. The average molecular weight is 453 g/mol. The molecule has 0 spiro atoms. The second-order valence-corrected chi connectivity index (χ2v) is 7.72. The van der Waals surface area contributed by atoms with Gasteiger partial charge in [-0.1, -0.05) is 52.8 Å². The van der Waals surface area contributed by atoms with Crippen LogP contribution < -0.4 is 4.90 Å². The molecule has 0 N–H and O–H groups in total. The zero-order valence-corrected chi connectivity index (χ0v) is 17.0. The molecule has 0 unspecified atom stereocenters. The van der Waals surface area contributed by atoms with E-state index in [1.54, 1.807) is 11.8 Å². The molecule has 0 radical (unpaired) electrons. The summed E-state index contributed by atoms with van der Waals surface area (Å²) in [6.07, 6.45) is 4.90. The first-order chi connectivity index (χ1) is 11.1. The summed E-state index contributed by atoms with van der Waals surface area (Å²) in [5.41, 5.74) is 2.47. The van der Waals surface area contributed by atoms with Crippen LogP contribution in [0.5, 0.6) is 0 Å². The molecule has 1 aliphatic rings. The molecule has 1 nitrogen and oxygen atoms in total. The van der Waals surface area contributed by atoms with E-state index in [2.05, 4.69) is 93.2 Å². The van der Waals surface area contributed by atoms with Crippen molar-refractivity contribution in [1.29, 1.82) is 0 Å². The number of allylic oxidation sites excluding steroid dienone is 1. The second kappa shape index (κ2) is 8.76. The summed E-state index contributed by atoms with van der Waals surface area (Å²) in [7, 11) is 0. The SMILES string of the molecule is C=CCC.C=CCN1c2ccc(Br)cc2Sc2c(Br)cccc21. The molecule has 1 heterocycles. The summed E-state index contributed by atoms with van der Waals surface area (Å²) in [6.45, 7) is 10.2. The van der Waals surface area contributed by atoms with E-state index in [4.69, 9.17) is 0 Å². The first kappa shape index (κ1) is 18.4. The highest BCUT2D eigenvalue weighted by atomic mass is 79.9. The smallest absolute Gasteiger partial charge is 0.0567 e. The minimum Gasteiger partial charge on any atom is -0.336 e. The minimum absolute atomic E-state index is 0.804. The van der Waals surface area contributed by atoms with Crippen LogP contribution in [0.25, 0.3) is 0 Å². The van der Waals surface area contributed by atoms with E-state index < -0.39 is 0 Å². The first-order valence-corrected chi connectivity index (χ1v) is 9.77. The van der Waals surface area contributed by atoms with E-state index in [9.17, 15) is 0 Å². The lowest BCUT2D eigenvalue weighted by Crippen LogP contribution is -2.20. The summed E-state index contributed by atoms with van der Waals surface area (Å²) in [5, 5.41) is 0. The minimum atomic E-state index is 0.804. The Kier molecular flexibility index (Phi) is 7.00. The number of hydrogen-bond donors (Lipinski definition) is 0. The van der Waals surface area contributed by atoms with Crippen molar-refractivity contribution in [1.82, 2.24) is 0 Å². The van der Waals surface area contributed by atoms with Crippen LogP contribution in [0.1, 0.15) is 13.3 Å². The molecule has 0 aromatic heterocycles. The predicted octanol–water partition coefficient (Wildman–Crippen LogP) is 7.58. The highest BCUT2D eigenvalue weighted by Crippen LogP contribution is 2.51. The number of anilines is 2. The van der Waals surface area contributed by atoms with Gasteiger partial charge in [-0.2, -0.15) is 0 Å². The van der Waals surface area contributed by atoms with E-state index in [-0.39, 0.29) is 0 Å². The van der Waals surface area contributed by atoms with E-state index >= 15 is 0 Å². The molecule has 23 heavy (non-hydrogen) atoms. The van der Waals surface area contributed by atoms with Gasteiger partial charge >= 0.3 is 0 Å². The van der Waals surface area contributed by atoms with Crippen molar-refractivity contribution in [3.8, 4) is 0 Å². The highest BCUT2D eigenvalue weighted by Gasteiger charge is 2.24. The molecule has 2 aromatic rings. The van der Waals surface area contributed by atoms with E-state index in [1.807, 2.05) is 12.2 Å². The normalized spacial score (nSPS) is 11.7. The fourth-order valence-corrected chi connectivity index (χ4v) is 4.42. The number of fused-ring (bicyclic) bond motifs is 2. The van der Waals surface area contributed by atoms with Crippen molar-refractivity contribution < 1.29 is 0 Å². The Hall–Kier alpha value is -0.970. The molecular formula is C19H19Br2NS. The molecule has 2 aromatic carbocycles. The third kappa shape index (κ3) is 4.31. The second-order valence-electron chi connectivity index (χ2n) is 4.90. The Morgan fingerprint density at radius 1 is 1.09 bits per heavy atom. The average Bonchev–Trinajstić information content (AvgIpc) is 2.56. The maximum atomic E-state index is 3.87. The van der Waals surface area contributed by atoms with Gasteiger partial charge in [0.25, 0.3) is 0 Å². The molecule has 0 aliphatic carbocycles. The topological polar surface area (TPSA) is 3.24 Å². The number of rotatable bonds is 3. The molecule has 0 atom stereocenters. The van der Waals surface area contributed by atoms with Crippen LogP contribution in [0.15, 0.2) is 80.4 Å². The number of nitrogens with zero attached hydrogens (tertiary/aromatic N) is 1. The molecular weight excluding hydrogens is 434 g/mol. The van der Waals surface area contributed by atoms with Crippen LogP contribution in [-0.2, 0) is 0 Å². The van der Waals surface area contributed by atoms with Gasteiger partial charge in [-0.3, -0.25) is 0 Å². The summed E-state index contributed by atoms with van der Waals surface area (Å²) in [4.78, 5) is 4.82. The summed E-state index contributed by atoms with van der Waals surface area (Å²) in [6, 6.07) is 12.7. The van der Waals surface area contributed by atoms with Gasteiger partial charge in [-0.15, -0.1) is 13.2 Å². The standard InChI is InChI=1S/C15H11Br2NS.C4H8/c1-2-8-18-12-7-6-10(16)9-14(12)19-15-11(17)4-3-5-13(15)18;1-3-4-2/h2-7,9H,1,8H2;3H,1,4H2,2H3. The van der Waals surface area contributed by atoms with Crippen molar-refractivity contribution in [2.24, 2.45) is 0 Å². The maximum Gasteiger partial charge on any atom is 0.0567 e.